The van der Waals surface area contributed by atoms with E-state index >= 15 is 0 Å². The van der Waals surface area contributed by atoms with Gasteiger partial charge in [0.05, 0.1) is 13.2 Å². The number of unbranched alkanes of at least 4 members (excludes halogenated alkanes) is 21. The van der Waals surface area contributed by atoms with Crippen LogP contribution in [-0.4, -0.2) is 64.9 Å². The van der Waals surface area contributed by atoms with Crippen LogP contribution in [-0.2, 0) is 32.7 Å². The predicted octanol–water partition coefficient (Wildman–Crippen LogP) is 13.1. The van der Waals surface area contributed by atoms with Gasteiger partial charge in [-0.2, -0.15) is 0 Å². The van der Waals surface area contributed by atoms with Gasteiger partial charge in [0.1, 0.15) is 12.7 Å². The summed E-state index contributed by atoms with van der Waals surface area (Å²) in [4.78, 5) is 46.1. The monoisotopic (exact) mass is 894 g/mol. The number of amides is 1. The van der Waals surface area contributed by atoms with Crippen LogP contribution in [0.25, 0.3) is 0 Å². The second kappa shape index (κ2) is 44.8. The summed E-state index contributed by atoms with van der Waals surface area (Å²) in [6.45, 7) is 2.49. The Labute approximate surface area is 376 Å². The van der Waals surface area contributed by atoms with Crippen molar-refractivity contribution in [3.8, 4) is 0 Å². The van der Waals surface area contributed by atoms with Crippen LogP contribution >= 0.6 is 7.82 Å². The molecule has 0 aromatic carbocycles. The highest BCUT2D eigenvalue weighted by molar-refractivity contribution is 7.47. The lowest BCUT2D eigenvalue weighted by Gasteiger charge is -2.18. The molecule has 0 saturated carbocycles. The number of carbonyl (C=O) groups is 3. The highest BCUT2D eigenvalue weighted by Crippen LogP contribution is 2.43. The first kappa shape index (κ1) is 59.2. The molecular weight excluding hydrogens is 806 g/mol. The van der Waals surface area contributed by atoms with Crippen LogP contribution < -0.4 is 5.32 Å². The van der Waals surface area contributed by atoms with Gasteiger partial charge in [0.25, 0.3) is 0 Å². The Kier molecular flexibility index (Phi) is 42.7. The number of hydrogen-bond donors (Lipinski definition) is 4. The number of aliphatic hydroxyl groups is 1. The Morgan fingerprint density at radius 2 is 0.935 bits per heavy atom. The van der Waals surface area contributed by atoms with E-state index in [1.807, 2.05) is 0 Å². The lowest BCUT2D eigenvalue weighted by molar-refractivity contribution is -0.147. The van der Waals surface area contributed by atoms with Gasteiger partial charge < -0.3 is 25.2 Å². The molecule has 0 heterocycles. The lowest BCUT2D eigenvalue weighted by Crippen LogP contribution is -2.43. The van der Waals surface area contributed by atoms with Crippen LogP contribution in [0.3, 0.4) is 0 Å². The van der Waals surface area contributed by atoms with Crippen molar-refractivity contribution >= 4 is 25.7 Å². The number of carboxylic acids is 1. The van der Waals surface area contributed by atoms with Crippen LogP contribution in [0.4, 0.5) is 0 Å². The van der Waals surface area contributed by atoms with Crippen molar-refractivity contribution in [1.82, 2.24) is 5.32 Å². The van der Waals surface area contributed by atoms with E-state index in [0.29, 0.717) is 12.8 Å². The third kappa shape index (κ3) is 43.8. The summed E-state index contributed by atoms with van der Waals surface area (Å²) in [6, 6.07) is -1.56. The second-order valence-electron chi connectivity index (χ2n) is 16.3. The Bertz CT molecular complexity index is 1280. The number of aliphatic hydroxyl groups excluding tert-OH is 1. The molecule has 3 atom stereocenters. The van der Waals surface area contributed by atoms with Crippen LogP contribution in [0.5, 0.6) is 0 Å². The molecule has 1 amide bonds. The molecule has 0 aromatic heterocycles. The summed E-state index contributed by atoms with van der Waals surface area (Å²) in [6.07, 6.45) is 52.4. The first-order valence-electron chi connectivity index (χ1n) is 24.3. The van der Waals surface area contributed by atoms with Crippen LogP contribution in [0.2, 0.25) is 0 Å². The largest absolute Gasteiger partial charge is 0.480 e. The summed E-state index contributed by atoms with van der Waals surface area (Å²) in [5.74, 6) is -2.39. The maximum absolute atomic E-state index is 12.4. The average molecular weight is 894 g/mol. The fourth-order valence-electron chi connectivity index (χ4n) is 6.58. The molecule has 358 valence electrons. The Morgan fingerprint density at radius 1 is 0.532 bits per heavy atom. The number of phosphoric acid groups is 1. The van der Waals surface area contributed by atoms with E-state index in [0.717, 1.165) is 96.3 Å². The summed E-state index contributed by atoms with van der Waals surface area (Å²) < 4.78 is 26.9. The zero-order valence-electron chi connectivity index (χ0n) is 38.9. The Hall–Kier alpha value is -2.82. The number of rotatable bonds is 45. The minimum absolute atomic E-state index is 0.130. The smallest absolute Gasteiger partial charge is 0.472 e. The minimum atomic E-state index is -4.76. The number of phosphoric ester groups is 1. The molecule has 11 nitrogen and oxygen atoms in total. The van der Waals surface area contributed by atoms with E-state index in [1.165, 1.54) is 70.6 Å². The predicted molar refractivity (Wildman–Crippen MR) is 254 cm³/mol. The van der Waals surface area contributed by atoms with Crippen molar-refractivity contribution in [2.75, 3.05) is 19.8 Å². The normalized spacial score (nSPS) is 14.1. The van der Waals surface area contributed by atoms with Gasteiger partial charge in [-0.25, -0.2) is 9.36 Å². The van der Waals surface area contributed by atoms with E-state index < -0.39 is 57.6 Å². The molecule has 3 unspecified atom stereocenters. The standard InChI is InChI=1S/C50H88NO10P/c1-3-5-7-9-11-13-15-17-19-20-21-22-23-24-25-26-28-29-31-33-35-37-39-41-48(53)51-47(50(55)56)45-61-62(57,58)60-44-46(52)43-59-49(54)42-40-38-36-34-32-30-27-18-16-14-12-10-8-6-4-2/h5,7,11,13,17,19,21-22,24-25,46-47,52H,3-4,6,8-10,12,14-16,18,20,23,26-45H2,1-2H3,(H,51,53)(H,55,56)(H,57,58)/b7-5-,13-11-,19-17-,22-21-,25-24-. The lowest BCUT2D eigenvalue weighted by atomic mass is 10.0. The number of ether oxygens (including phenoxy) is 1. The number of allylic oxidation sites excluding steroid dienone is 10. The molecule has 62 heavy (non-hydrogen) atoms. The third-order valence-corrected chi connectivity index (χ3v) is 11.3. The van der Waals surface area contributed by atoms with Gasteiger partial charge in [-0.3, -0.25) is 18.6 Å². The first-order valence-corrected chi connectivity index (χ1v) is 25.8. The van der Waals surface area contributed by atoms with E-state index in [9.17, 15) is 34.1 Å². The van der Waals surface area contributed by atoms with Gasteiger partial charge in [0, 0.05) is 12.8 Å². The molecule has 0 bridgehead atoms. The quantitative estimate of drug-likeness (QED) is 0.0200. The average Bonchev–Trinajstić information content (AvgIpc) is 3.25. The highest BCUT2D eigenvalue weighted by Gasteiger charge is 2.28. The fraction of sp³-hybridized carbons (Fsp3) is 0.740. The molecule has 0 aliphatic carbocycles. The number of carboxylic acid groups (broad SMARTS) is 1. The van der Waals surface area contributed by atoms with Gasteiger partial charge in [-0.15, -0.1) is 0 Å². The number of nitrogens with one attached hydrogen (secondary N) is 1. The highest BCUT2D eigenvalue weighted by atomic mass is 31.2. The van der Waals surface area contributed by atoms with Gasteiger partial charge >= 0.3 is 19.8 Å². The molecule has 0 saturated heterocycles. The number of hydrogen-bond acceptors (Lipinski definition) is 8. The van der Waals surface area contributed by atoms with Crippen molar-refractivity contribution in [2.45, 2.75) is 219 Å². The molecule has 0 aliphatic heterocycles. The molecule has 0 aliphatic rings. The summed E-state index contributed by atoms with van der Waals surface area (Å²) >= 11 is 0. The zero-order valence-corrected chi connectivity index (χ0v) is 39.8. The van der Waals surface area contributed by atoms with Gasteiger partial charge in [0.2, 0.25) is 5.91 Å². The van der Waals surface area contributed by atoms with E-state index in [-0.39, 0.29) is 12.8 Å². The fourth-order valence-corrected chi connectivity index (χ4v) is 7.35. The molecule has 4 N–H and O–H groups in total. The van der Waals surface area contributed by atoms with Crippen molar-refractivity contribution in [1.29, 1.82) is 0 Å². The maximum atomic E-state index is 12.4. The molecule has 0 aromatic rings. The molecule has 0 fully saturated rings. The van der Waals surface area contributed by atoms with Crippen molar-refractivity contribution in [3.63, 3.8) is 0 Å². The number of esters is 1. The summed E-state index contributed by atoms with van der Waals surface area (Å²) in [5.41, 5.74) is 0. The molecule has 12 heteroatoms. The SMILES string of the molecule is CC/C=C\C/C=C\C/C=C\C/C=C\C/C=C\CCCCCCCCCC(=O)NC(COP(=O)(O)OCC(O)COC(=O)CCCCCCCCCCCCCCCCC)C(=O)O. The topological polar surface area (TPSA) is 169 Å². The van der Waals surface area contributed by atoms with Gasteiger partial charge in [-0.05, 0) is 57.8 Å². The maximum Gasteiger partial charge on any atom is 0.472 e. The van der Waals surface area contributed by atoms with Crippen LogP contribution in [0, 0.1) is 0 Å². The third-order valence-electron chi connectivity index (χ3n) is 10.3. The Morgan fingerprint density at radius 3 is 1.40 bits per heavy atom. The van der Waals surface area contributed by atoms with Gasteiger partial charge in [-0.1, -0.05) is 197 Å². The van der Waals surface area contributed by atoms with E-state index in [2.05, 4.69) is 79.9 Å². The van der Waals surface area contributed by atoms with Crippen LogP contribution in [0.15, 0.2) is 60.8 Å². The van der Waals surface area contributed by atoms with E-state index in [1.54, 1.807) is 0 Å². The number of aliphatic carboxylic acids is 1. The summed E-state index contributed by atoms with van der Waals surface area (Å²) in [5, 5.41) is 21.9. The molecule has 0 spiro atoms. The van der Waals surface area contributed by atoms with Crippen molar-refractivity contribution in [2.24, 2.45) is 0 Å². The zero-order chi connectivity index (χ0) is 45.6. The second-order valence-corrected chi connectivity index (χ2v) is 17.7. The van der Waals surface area contributed by atoms with Crippen molar-refractivity contribution < 1.29 is 47.8 Å². The minimum Gasteiger partial charge on any atom is -0.480 e. The molecule has 0 radical (unpaired) electrons. The number of carbonyl (C=O) groups excluding carboxylic acids is 2. The Balaban J connectivity index is 3.89. The van der Waals surface area contributed by atoms with Crippen LogP contribution in [0.1, 0.15) is 206 Å². The first-order chi connectivity index (χ1) is 30.1. The summed E-state index contributed by atoms with van der Waals surface area (Å²) in [7, 11) is -4.76. The molecular formula is C50H88NO10P. The van der Waals surface area contributed by atoms with E-state index in [4.69, 9.17) is 13.8 Å². The van der Waals surface area contributed by atoms with Gasteiger partial charge in [0.15, 0.2) is 6.04 Å². The molecule has 0 rings (SSSR count). The van der Waals surface area contributed by atoms with Crippen molar-refractivity contribution in [3.05, 3.63) is 60.8 Å².